The van der Waals surface area contributed by atoms with Gasteiger partial charge in [-0.1, -0.05) is 37.3 Å². The van der Waals surface area contributed by atoms with Crippen molar-refractivity contribution in [3.05, 3.63) is 65.7 Å². The van der Waals surface area contributed by atoms with Crippen LogP contribution in [0.5, 0.6) is 0 Å². The zero-order valence-electron chi connectivity index (χ0n) is 15.9. The largest absolute Gasteiger partial charge is 0.375 e. The van der Waals surface area contributed by atoms with Gasteiger partial charge in [0.25, 0.3) is 5.91 Å². The van der Waals surface area contributed by atoms with Gasteiger partial charge in [0, 0.05) is 30.8 Å². The summed E-state index contributed by atoms with van der Waals surface area (Å²) in [5.74, 6) is 0.114. The van der Waals surface area contributed by atoms with Crippen molar-refractivity contribution in [2.24, 2.45) is 0 Å². The van der Waals surface area contributed by atoms with Crippen molar-refractivity contribution in [3.8, 4) is 0 Å². The summed E-state index contributed by atoms with van der Waals surface area (Å²) in [5, 5.41) is 2.91. The smallest absolute Gasteiger partial charge is 0.254 e. The Morgan fingerprint density at radius 1 is 1.15 bits per heavy atom. The minimum Gasteiger partial charge on any atom is -0.375 e. The van der Waals surface area contributed by atoms with Crippen molar-refractivity contribution >= 4 is 17.5 Å². The number of carbonyl (C=O) groups is 2. The van der Waals surface area contributed by atoms with E-state index in [4.69, 9.17) is 4.74 Å². The first-order chi connectivity index (χ1) is 13.0. The molecule has 0 saturated carbocycles. The van der Waals surface area contributed by atoms with E-state index >= 15 is 0 Å². The van der Waals surface area contributed by atoms with Crippen LogP contribution in [-0.4, -0.2) is 42.5 Å². The molecule has 2 aromatic carbocycles. The van der Waals surface area contributed by atoms with E-state index in [2.05, 4.69) is 5.32 Å². The molecule has 0 radical (unpaired) electrons. The molecule has 2 aromatic rings. The average Bonchev–Trinajstić information content (AvgIpc) is 2.68. The molecular weight excluding hydrogens is 340 g/mol. The van der Waals surface area contributed by atoms with Crippen LogP contribution in [0.25, 0.3) is 0 Å². The Morgan fingerprint density at radius 3 is 2.52 bits per heavy atom. The number of benzene rings is 2. The summed E-state index contributed by atoms with van der Waals surface area (Å²) in [7, 11) is 0. The third-order valence-corrected chi connectivity index (χ3v) is 4.80. The number of hydrogen-bond acceptors (Lipinski definition) is 3. The van der Waals surface area contributed by atoms with Crippen molar-refractivity contribution in [3.63, 3.8) is 0 Å². The van der Waals surface area contributed by atoms with Gasteiger partial charge in [0.05, 0.1) is 12.7 Å². The fourth-order valence-corrected chi connectivity index (χ4v) is 3.27. The topological polar surface area (TPSA) is 58.6 Å². The number of nitrogens with zero attached hydrogens (tertiary/aromatic N) is 1. The van der Waals surface area contributed by atoms with Gasteiger partial charge in [0.2, 0.25) is 5.91 Å². The van der Waals surface area contributed by atoms with Crippen LogP contribution < -0.4 is 5.32 Å². The molecule has 3 rings (SSSR count). The lowest BCUT2D eigenvalue weighted by Crippen LogP contribution is -2.44. The second-order valence-corrected chi connectivity index (χ2v) is 7.07. The van der Waals surface area contributed by atoms with E-state index in [-0.39, 0.29) is 23.8 Å². The number of rotatable bonds is 5. The lowest BCUT2D eigenvalue weighted by molar-refractivity contribution is -0.116. The third-order valence-electron chi connectivity index (χ3n) is 4.80. The first-order valence-electron chi connectivity index (χ1n) is 9.38. The second kappa shape index (κ2) is 8.82. The van der Waals surface area contributed by atoms with Gasteiger partial charge in [0.1, 0.15) is 0 Å². The predicted molar refractivity (Wildman–Crippen MR) is 106 cm³/mol. The zero-order chi connectivity index (χ0) is 19.2. The average molecular weight is 366 g/mol. The first kappa shape index (κ1) is 19.1. The van der Waals surface area contributed by atoms with Gasteiger partial charge in [-0.3, -0.25) is 9.59 Å². The second-order valence-electron chi connectivity index (χ2n) is 7.07. The molecule has 1 aliphatic heterocycles. The van der Waals surface area contributed by atoms with E-state index < -0.39 is 0 Å². The lowest BCUT2D eigenvalue weighted by atomic mass is 9.97. The number of morpholine rings is 1. The van der Waals surface area contributed by atoms with Crippen molar-refractivity contribution in [2.45, 2.75) is 32.3 Å². The number of ether oxygens (including phenoxy) is 1. The maximum absolute atomic E-state index is 12.6. The van der Waals surface area contributed by atoms with Gasteiger partial charge in [-0.2, -0.15) is 0 Å². The van der Waals surface area contributed by atoms with E-state index in [9.17, 15) is 9.59 Å². The fourth-order valence-electron chi connectivity index (χ4n) is 3.27. The molecule has 0 aromatic heterocycles. The molecule has 1 heterocycles. The summed E-state index contributed by atoms with van der Waals surface area (Å²) in [4.78, 5) is 26.7. The van der Waals surface area contributed by atoms with Crippen molar-refractivity contribution in [1.82, 2.24) is 4.90 Å². The lowest BCUT2D eigenvalue weighted by Gasteiger charge is -2.31. The molecule has 2 unspecified atom stereocenters. The summed E-state index contributed by atoms with van der Waals surface area (Å²) in [6.45, 7) is 5.79. The Hall–Kier alpha value is -2.66. The van der Waals surface area contributed by atoms with Crippen molar-refractivity contribution < 1.29 is 14.3 Å². The van der Waals surface area contributed by atoms with Crippen LogP contribution in [0.15, 0.2) is 54.6 Å². The molecule has 5 heteroatoms. The highest BCUT2D eigenvalue weighted by Gasteiger charge is 2.22. The van der Waals surface area contributed by atoms with Crippen LogP contribution in [-0.2, 0) is 9.53 Å². The number of nitrogens with one attached hydrogen (secondary N) is 1. The van der Waals surface area contributed by atoms with E-state index in [0.29, 0.717) is 37.4 Å². The van der Waals surface area contributed by atoms with Crippen LogP contribution in [0.3, 0.4) is 0 Å². The molecule has 2 amide bonds. The monoisotopic (exact) mass is 366 g/mol. The van der Waals surface area contributed by atoms with Crippen LogP contribution in [0.2, 0.25) is 0 Å². The summed E-state index contributed by atoms with van der Waals surface area (Å²) in [6, 6.07) is 17.1. The predicted octanol–water partition coefficient (Wildman–Crippen LogP) is 3.68. The zero-order valence-corrected chi connectivity index (χ0v) is 15.9. The molecular formula is C22H26N2O3. The van der Waals surface area contributed by atoms with Gasteiger partial charge in [-0.25, -0.2) is 0 Å². The molecule has 0 bridgehead atoms. The molecule has 5 nitrogen and oxygen atoms in total. The molecule has 1 fully saturated rings. The van der Waals surface area contributed by atoms with E-state index in [1.165, 1.54) is 0 Å². The maximum atomic E-state index is 12.6. The Labute approximate surface area is 160 Å². The SMILES string of the molecule is CC1CN(C(=O)c2ccc(NC(=O)CC(C)c3ccccc3)cc2)CCO1. The Kier molecular flexibility index (Phi) is 6.24. The normalized spacial score (nSPS) is 18.0. The highest BCUT2D eigenvalue weighted by molar-refractivity contribution is 5.96. The Balaban J connectivity index is 1.55. The van der Waals surface area contributed by atoms with Gasteiger partial charge in [-0.15, -0.1) is 0 Å². The Morgan fingerprint density at radius 2 is 1.85 bits per heavy atom. The first-order valence-corrected chi connectivity index (χ1v) is 9.38. The van der Waals surface area contributed by atoms with Gasteiger partial charge in [-0.05, 0) is 42.7 Å². The number of anilines is 1. The van der Waals surface area contributed by atoms with Crippen LogP contribution in [0, 0.1) is 0 Å². The molecule has 1 N–H and O–H groups in total. The quantitative estimate of drug-likeness (QED) is 0.878. The van der Waals surface area contributed by atoms with Crippen LogP contribution >= 0.6 is 0 Å². The van der Waals surface area contributed by atoms with Crippen LogP contribution in [0.4, 0.5) is 5.69 Å². The number of hydrogen-bond donors (Lipinski definition) is 1. The van der Waals surface area contributed by atoms with E-state index in [1.807, 2.05) is 49.1 Å². The minimum atomic E-state index is -0.0348. The molecule has 1 saturated heterocycles. The summed E-state index contributed by atoms with van der Waals surface area (Å²) < 4.78 is 5.48. The Bertz CT molecular complexity index is 774. The van der Waals surface area contributed by atoms with Crippen molar-refractivity contribution in [1.29, 1.82) is 0 Å². The van der Waals surface area contributed by atoms with Gasteiger partial charge >= 0.3 is 0 Å². The summed E-state index contributed by atoms with van der Waals surface area (Å²) in [5.41, 5.74) is 2.47. The highest BCUT2D eigenvalue weighted by Crippen LogP contribution is 2.20. The highest BCUT2D eigenvalue weighted by atomic mass is 16.5. The van der Waals surface area contributed by atoms with Gasteiger partial charge in [0.15, 0.2) is 0 Å². The molecule has 142 valence electrons. The van der Waals surface area contributed by atoms with Gasteiger partial charge < -0.3 is 15.0 Å². The van der Waals surface area contributed by atoms with E-state index in [0.717, 1.165) is 5.56 Å². The van der Waals surface area contributed by atoms with Crippen LogP contribution in [0.1, 0.15) is 42.1 Å². The fraction of sp³-hybridized carbons (Fsp3) is 0.364. The number of amides is 2. The van der Waals surface area contributed by atoms with Crippen molar-refractivity contribution in [2.75, 3.05) is 25.0 Å². The molecule has 0 spiro atoms. The maximum Gasteiger partial charge on any atom is 0.254 e. The molecule has 1 aliphatic rings. The molecule has 0 aliphatic carbocycles. The van der Waals surface area contributed by atoms with E-state index in [1.54, 1.807) is 24.3 Å². The summed E-state index contributed by atoms with van der Waals surface area (Å²) >= 11 is 0. The minimum absolute atomic E-state index is 0.000673. The third kappa shape index (κ3) is 5.17. The standard InChI is InChI=1S/C22H26N2O3/c1-16(18-6-4-3-5-7-18)14-21(25)23-20-10-8-19(9-11-20)22(26)24-12-13-27-17(2)15-24/h3-11,16-17H,12-15H2,1-2H3,(H,23,25). The molecule has 2 atom stereocenters. The molecule has 27 heavy (non-hydrogen) atoms. The number of carbonyl (C=O) groups excluding carboxylic acids is 2. The summed E-state index contributed by atoms with van der Waals surface area (Å²) in [6.07, 6.45) is 0.476.